The highest BCUT2D eigenvalue weighted by Gasteiger charge is 2.30. The highest BCUT2D eigenvalue weighted by atomic mass is 32.1. The van der Waals surface area contributed by atoms with E-state index < -0.39 is 11.6 Å². The van der Waals surface area contributed by atoms with E-state index in [-0.39, 0.29) is 17.9 Å². The molecule has 1 aliphatic heterocycles. The Morgan fingerprint density at radius 2 is 2.29 bits per heavy atom. The summed E-state index contributed by atoms with van der Waals surface area (Å²) in [5.41, 5.74) is 2.00. The molecule has 5 nitrogen and oxygen atoms in total. The first-order chi connectivity index (χ1) is 11.5. The number of amides is 1. The van der Waals surface area contributed by atoms with Crippen LogP contribution in [0, 0.1) is 17.6 Å². The number of carbonyl (C=O) groups excluding carboxylic acids is 1. The molecule has 1 amide bonds. The summed E-state index contributed by atoms with van der Waals surface area (Å²) in [7, 11) is 0. The van der Waals surface area contributed by atoms with E-state index in [2.05, 4.69) is 20.4 Å². The van der Waals surface area contributed by atoms with Gasteiger partial charge in [-0.1, -0.05) is 17.4 Å². The summed E-state index contributed by atoms with van der Waals surface area (Å²) in [6.07, 6.45) is 1.63. The summed E-state index contributed by atoms with van der Waals surface area (Å²) >= 11 is 1.27. The summed E-state index contributed by atoms with van der Waals surface area (Å²) in [4.78, 5) is 14.4. The van der Waals surface area contributed by atoms with Crippen molar-refractivity contribution in [3.05, 3.63) is 40.9 Å². The molecular formula is C16H18F2N4OS. The predicted octanol–water partition coefficient (Wildman–Crippen LogP) is 3.23. The third-order valence-electron chi connectivity index (χ3n) is 4.37. The van der Waals surface area contributed by atoms with E-state index in [1.54, 1.807) is 5.51 Å². The maximum absolute atomic E-state index is 14.0. The van der Waals surface area contributed by atoms with Gasteiger partial charge in [-0.25, -0.2) is 8.78 Å². The molecule has 128 valence electrons. The van der Waals surface area contributed by atoms with Crippen molar-refractivity contribution in [2.45, 2.75) is 25.8 Å². The van der Waals surface area contributed by atoms with Gasteiger partial charge < -0.3 is 5.32 Å². The second-order valence-corrected chi connectivity index (χ2v) is 6.74. The Morgan fingerprint density at radius 1 is 1.46 bits per heavy atom. The molecule has 0 aliphatic carbocycles. The van der Waals surface area contributed by atoms with E-state index in [4.69, 9.17) is 0 Å². The molecule has 1 aliphatic rings. The van der Waals surface area contributed by atoms with Crippen LogP contribution in [0.25, 0.3) is 0 Å². The van der Waals surface area contributed by atoms with Gasteiger partial charge in [0, 0.05) is 24.2 Å². The van der Waals surface area contributed by atoms with Gasteiger partial charge in [0.25, 0.3) is 0 Å². The molecule has 2 atom stereocenters. The third kappa shape index (κ3) is 3.76. The van der Waals surface area contributed by atoms with Gasteiger partial charge in [-0.2, -0.15) is 0 Å². The van der Waals surface area contributed by atoms with Crippen LogP contribution in [0.1, 0.15) is 31.4 Å². The molecule has 1 aromatic heterocycles. The van der Waals surface area contributed by atoms with E-state index in [9.17, 15) is 13.6 Å². The van der Waals surface area contributed by atoms with Gasteiger partial charge in [0.2, 0.25) is 11.0 Å². The van der Waals surface area contributed by atoms with Crippen molar-refractivity contribution in [1.82, 2.24) is 15.1 Å². The van der Waals surface area contributed by atoms with Crippen LogP contribution in [-0.4, -0.2) is 34.1 Å². The first-order valence-corrected chi connectivity index (χ1v) is 8.68. The molecule has 0 unspecified atom stereocenters. The standard InChI is InChI=1S/C16H18F2N4OS/c1-10(13-5-4-12(17)7-14(13)18)22-6-2-3-11(8-22)15(23)20-16-21-19-9-24-16/h4-5,7,9-11H,2-3,6,8H2,1H3,(H,20,21,23)/t10-,11-/m0/s1. The number of rotatable bonds is 4. The van der Waals surface area contributed by atoms with Crippen LogP contribution < -0.4 is 5.32 Å². The van der Waals surface area contributed by atoms with E-state index in [1.165, 1.54) is 23.5 Å². The Balaban J connectivity index is 1.67. The minimum Gasteiger partial charge on any atom is -0.300 e. The summed E-state index contributed by atoms with van der Waals surface area (Å²) in [5.74, 6) is -1.42. The number of nitrogens with zero attached hydrogens (tertiary/aromatic N) is 3. The van der Waals surface area contributed by atoms with Crippen molar-refractivity contribution in [3.63, 3.8) is 0 Å². The number of hydrogen-bond acceptors (Lipinski definition) is 5. The Bertz CT molecular complexity index is 710. The fraction of sp³-hybridized carbons (Fsp3) is 0.438. The lowest BCUT2D eigenvalue weighted by atomic mass is 9.94. The number of benzene rings is 1. The first kappa shape index (κ1) is 16.9. The Kier molecular flexibility index (Phi) is 5.15. The number of hydrogen-bond donors (Lipinski definition) is 1. The van der Waals surface area contributed by atoms with Crippen LogP contribution in [0.15, 0.2) is 23.7 Å². The smallest absolute Gasteiger partial charge is 0.230 e. The molecule has 2 heterocycles. The van der Waals surface area contributed by atoms with Gasteiger partial charge in [0.05, 0.1) is 5.92 Å². The van der Waals surface area contributed by atoms with Crippen LogP contribution >= 0.6 is 11.3 Å². The maximum atomic E-state index is 14.0. The number of halogens is 2. The molecule has 3 rings (SSSR count). The molecular weight excluding hydrogens is 334 g/mol. The molecule has 24 heavy (non-hydrogen) atoms. The van der Waals surface area contributed by atoms with Crippen molar-refractivity contribution in [1.29, 1.82) is 0 Å². The minimum absolute atomic E-state index is 0.0942. The topological polar surface area (TPSA) is 58.1 Å². The molecule has 1 fully saturated rings. The summed E-state index contributed by atoms with van der Waals surface area (Å²) in [6.45, 7) is 3.19. The summed E-state index contributed by atoms with van der Waals surface area (Å²) < 4.78 is 27.1. The number of aromatic nitrogens is 2. The Morgan fingerprint density at radius 3 is 3.00 bits per heavy atom. The molecule has 1 saturated heterocycles. The van der Waals surface area contributed by atoms with Crippen molar-refractivity contribution < 1.29 is 13.6 Å². The van der Waals surface area contributed by atoms with Crippen LogP contribution in [0.2, 0.25) is 0 Å². The molecule has 0 radical (unpaired) electrons. The van der Waals surface area contributed by atoms with Gasteiger partial charge in [-0.05, 0) is 32.4 Å². The first-order valence-electron chi connectivity index (χ1n) is 7.80. The maximum Gasteiger partial charge on any atom is 0.230 e. The lowest BCUT2D eigenvalue weighted by Gasteiger charge is -2.36. The molecule has 1 N–H and O–H groups in total. The molecule has 0 spiro atoms. The van der Waals surface area contributed by atoms with Gasteiger partial charge >= 0.3 is 0 Å². The van der Waals surface area contributed by atoms with Crippen molar-refractivity contribution >= 4 is 22.4 Å². The molecule has 2 aromatic rings. The zero-order valence-corrected chi connectivity index (χ0v) is 14.0. The lowest BCUT2D eigenvalue weighted by Crippen LogP contribution is -2.42. The molecule has 1 aromatic carbocycles. The van der Waals surface area contributed by atoms with Crippen LogP contribution in [0.5, 0.6) is 0 Å². The van der Waals surface area contributed by atoms with Crippen LogP contribution in [0.3, 0.4) is 0 Å². The monoisotopic (exact) mass is 352 g/mol. The SMILES string of the molecule is C[C@@H](c1ccc(F)cc1F)N1CCC[C@H](C(=O)Nc2nncs2)C1. The zero-order valence-electron chi connectivity index (χ0n) is 13.2. The second-order valence-electron chi connectivity index (χ2n) is 5.91. The normalized spacial score (nSPS) is 19.9. The number of carbonyl (C=O) groups is 1. The predicted molar refractivity (Wildman–Crippen MR) is 87.6 cm³/mol. The average Bonchev–Trinajstić information content (AvgIpc) is 3.07. The van der Waals surface area contributed by atoms with E-state index >= 15 is 0 Å². The number of piperidine rings is 1. The highest BCUT2D eigenvalue weighted by Crippen LogP contribution is 2.29. The van der Waals surface area contributed by atoms with Crippen LogP contribution in [-0.2, 0) is 4.79 Å². The van der Waals surface area contributed by atoms with Crippen molar-refractivity contribution in [2.24, 2.45) is 5.92 Å². The number of anilines is 1. The quantitative estimate of drug-likeness (QED) is 0.918. The fourth-order valence-corrected chi connectivity index (χ4v) is 3.49. The van der Waals surface area contributed by atoms with Gasteiger partial charge in [0.15, 0.2) is 0 Å². The summed E-state index contributed by atoms with van der Waals surface area (Å²) in [5, 5.41) is 10.7. The molecule has 8 heteroatoms. The largest absolute Gasteiger partial charge is 0.300 e. The van der Waals surface area contributed by atoms with Gasteiger partial charge in [-0.15, -0.1) is 10.2 Å². The van der Waals surface area contributed by atoms with Gasteiger partial charge in [0.1, 0.15) is 17.1 Å². The summed E-state index contributed by atoms with van der Waals surface area (Å²) in [6, 6.07) is 3.41. The molecule has 0 saturated carbocycles. The van der Waals surface area contributed by atoms with Crippen LogP contribution in [0.4, 0.5) is 13.9 Å². The van der Waals surface area contributed by atoms with E-state index in [0.717, 1.165) is 25.5 Å². The number of likely N-dealkylation sites (tertiary alicyclic amines) is 1. The average molecular weight is 352 g/mol. The Hall–Kier alpha value is -1.93. The third-order valence-corrected chi connectivity index (χ3v) is 4.98. The zero-order chi connectivity index (χ0) is 17.1. The minimum atomic E-state index is -0.587. The Labute approximate surface area is 142 Å². The highest BCUT2D eigenvalue weighted by molar-refractivity contribution is 7.13. The van der Waals surface area contributed by atoms with E-state index in [0.29, 0.717) is 17.2 Å². The van der Waals surface area contributed by atoms with Gasteiger partial charge in [-0.3, -0.25) is 9.69 Å². The lowest BCUT2D eigenvalue weighted by molar-refractivity contribution is -0.121. The number of nitrogens with one attached hydrogen (secondary N) is 1. The van der Waals surface area contributed by atoms with Crippen molar-refractivity contribution in [2.75, 3.05) is 18.4 Å². The second kappa shape index (κ2) is 7.31. The fourth-order valence-electron chi connectivity index (χ4n) is 3.04. The van der Waals surface area contributed by atoms with E-state index in [1.807, 2.05) is 6.92 Å². The van der Waals surface area contributed by atoms with Crippen molar-refractivity contribution in [3.8, 4) is 0 Å². The molecule has 0 bridgehead atoms.